The zero-order valence-electron chi connectivity index (χ0n) is 14.7. The van der Waals surface area contributed by atoms with Gasteiger partial charge in [0.2, 0.25) is 0 Å². The third kappa shape index (κ3) is 3.99. The van der Waals surface area contributed by atoms with Crippen LogP contribution in [0.5, 0.6) is 0 Å². The van der Waals surface area contributed by atoms with Crippen molar-refractivity contribution in [3.63, 3.8) is 0 Å². The van der Waals surface area contributed by atoms with Crippen LogP contribution in [-0.4, -0.2) is 25.5 Å². The standard InChI is InChI=1S/C18H19BrClN5O/c1-12-4-6-13(7-5-12)9-24-11-15(19)16(23-24)22-17(26)18(2,3)25-10-14(20)8-21-25/h4-8,10-11H,9H2,1-3H3,(H,22,23,26). The average Bonchev–Trinajstić information content (AvgIpc) is 3.16. The summed E-state index contributed by atoms with van der Waals surface area (Å²) in [5.74, 6) is 0.229. The Kier molecular flexibility index (Phi) is 5.20. The molecule has 2 aromatic heterocycles. The molecule has 1 amide bonds. The van der Waals surface area contributed by atoms with E-state index in [9.17, 15) is 4.79 Å². The molecule has 3 aromatic rings. The molecule has 2 heterocycles. The van der Waals surface area contributed by atoms with Crippen molar-refractivity contribution in [2.75, 3.05) is 5.32 Å². The Balaban J connectivity index is 1.74. The molecule has 0 aliphatic carbocycles. The Hall–Kier alpha value is -2.12. The second-order valence-corrected chi connectivity index (χ2v) is 7.92. The van der Waals surface area contributed by atoms with Crippen LogP contribution in [0.25, 0.3) is 0 Å². The van der Waals surface area contributed by atoms with Gasteiger partial charge in [-0.3, -0.25) is 14.2 Å². The summed E-state index contributed by atoms with van der Waals surface area (Å²) in [5.41, 5.74) is 1.44. The maximum atomic E-state index is 12.7. The van der Waals surface area contributed by atoms with Crippen LogP contribution < -0.4 is 5.32 Å². The minimum atomic E-state index is -0.909. The number of hydrogen-bond donors (Lipinski definition) is 1. The van der Waals surface area contributed by atoms with Gasteiger partial charge >= 0.3 is 0 Å². The van der Waals surface area contributed by atoms with Crippen molar-refractivity contribution < 1.29 is 4.79 Å². The molecule has 0 aliphatic heterocycles. The molecule has 6 nitrogen and oxygen atoms in total. The Morgan fingerprint density at radius 1 is 1.27 bits per heavy atom. The van der Waals surface area contributed by atoms with Gasteiger partial charge in [-0.05, 0) is 42.3 Å². The number of hydrogen-bond acceptors (Lipinski definition) is 3. The van der Waals surface area contributed by atoms with E-state index in [1.54, 1.807) is 24.7 Å². The van der Waals surface area contributed by atoms with Crippen LogP contribution >= 0.6 is 27.5 Å². The summed E-state index contributed by atoms with van der Waals surface area (Å²) in [6.07, 6.45) is 4.96. The van der Waals surface area contributed by atoms with Gasteiger partial charge in [0.25, 0.3) is 5.91 Å². The Labute approximate surface area is 165 Å². The smallest absolute Gasteiger partial charge is 0.253 e. The zero-order chi connectivity index (χ0) is 18.9. The highest BCUT2D eigenvalue weighted by atomic mass is 79.9. The number of aryl methyl sites for hydroxylation is 1. The summed E-state index contributed by atoms with van der Waals surface area (Å²) in [7, 11) is 0. The van der Waals surface area contributed by atoms with Gasteiger partial charge in [-0.15, -0.1) is 0 Å². The van der Waals surface area contributed by atoms with E-state index < -0.39 is 5.54 Å². The molecule has 0 saturated heterocycles. The number of carbonyl (C=O) groups excluding carboxylic acids is 1. The minimum Gasteiger partial charge on any atom is -0.306 e. The summed E-state index contributed by atoms with van der Waals surface area (Å²) in [6.45, 7) is 6.20. The first-order valence-electron chi connectivity index (χ1n) is 8.06. The van der Waals surface area contributed by atoms with E-state index in [0.717, 1.165) is 5.56 Å². The maximum Gasteiger partial charge on any atom is 0.253 e. The van der Waals surface area contributed by atoms with E-state index in [4.69, 9.17) is 11.6 Å². The first-order chi connectivity index (χ1) is 12.3. The summed E-state index contributed by atoms with van der Waals surface area (Å²) < 4.78 is 4.02. The summed E-state index contributed by atoms with van der Waals surface area (Å²) in [5, 5.41) is 11.9. The lowest BCUT2D eigenvalue weighted by molar-refractivity contribution is -0.123. The number of anilines is 1. The minimum absolute atomic E-state index is 0.237. The normalized spacial score (nSPS) is 11.6. The van der Waals surface area contributed by atoms with Crippen LogP contribution in [0.4, 0.5) is 5.82 Å². The second-order valence-electron chi connectivity index (χ2n) is 6.63. The van der Waals surface area contributed by atoms with Crippen molar-refractivity contribution >= 4 is 39.3 Å². The largest absolute Gasteiger partial charge is 0.306 e. The Morgan fingerprint density at radius 3 is 2.58 bits per heavy atom. The number of nitrogens with one attached hydrogen (secondary N) is 1. The van der Waals surface area contributed by atoms with Crippen molar-refractivity contribution in [2.24, 2.45) is 0 Å². The third-order valence-electron chi connectivity index (χ3n) is 4.09. The highest BCUT2D eigenvalue weighted by Crippen LogP contribution is 2.24. The van der Waals surface area contributed by atoms with E-state index in [1.807, 2.05) is 6.20 Å². The Bertz CT molecular complexity index is 929. The number of carbonyl (C=O) groups is 1. The molecule has 0 unspecified atom stereocenters. The first kappa shape index (κ1) is 18.7. The topological polar surface area (TPSA) is 64.7 Å². The summed E-state index contributed by atoms with van der Waals surface area (Å²) >= 11 is 9.36. The lowest BCUT2D eigenvalue weighted by atomic mass is 10.1. The number of benzene rings is 1. The summed E-state index contributed by atoms with van der Waals surface area (Å²) in [4.78, 5) is 12.7. The van der Waals surface area contributed by atoms with Gasteiger partial charge in [-0.25, -0.2) is 0 Å². The van der Waals surface area contributed by atoms with Gasteiger partial charge < -0.3 is 5.32 Å². The van der Waals surface area contributed by atoms with Gasteiger partial charge in [-0.2, -0.15) is 10.2 Å². The highest BCUT2D eigenvalue weighted by Gasteiger charge is 2.31. The molecular formula is C18H19BrClN5O. The fourth-order valence-corrected chi connectivity index (χ4v) is 2.97. The number of halogens is 2. The molecule has 0 radical (unpaired) electrons. The molecule has 0 spiro atoms. The van der Waals surface area contributed by atoms with E-state index in [2.05, 4.69) is 62.6 Å². The van der Waals surface area contributed by atoms with E-state index in [1.165, 1.54) is 16.4 Å². The average molecular weight is 437 g/mol. The predicted molar refractivity (Wildman–Crippen MR) is 105 cm³/mol. The zero-order valence-corrected chi connectivity index (χ0v) is 17.0. The van der Waals surface area contributed by atoms with Crippen molar-refractivity contribution in [1.29, 1.82) is 0 Å². The van der Waals surface area contributed by atoms with E-state index in [-0.39, 0.29) is 5.91 Å². The van der Waals surface area contributed by atoms with Crippen LogP contribution in [0.15, 0.2) is 47.3 Å². The van der Waals surface area contributed by atoms with Gasteiger partial charge in [0.1, 0.15) is 5.54 Å². The molecule has 0 fully saturated rings. The maximum absolute atomic E-state index is 12.7. The SMILES string of the molecule is Cc1ccc(Cn2cc(Br)c(NC(=O)C(C)(C)n3cc(Cl)cn3)n2)cc1. The number of rotatable bonds is 5. The van der Waals surface area contributed by atoms with Gasteiger partial charge in [0, 0.05) is 12.4 Å². The molecule has 8 heteroatoms. The number of aromatic nitrogens is 4. The molecule has 26 heavy (non-hydrogen) atoms. The summed E-state index contributed by atoms with van der Waals surface area (Å²) in [6, 6.07) is 8.25. The third-order valence-corrected chi connectivity index (χ3v) is 4.87. The number of nitrogens with zero attached hydrogens (tertiary/aromatic N) is 4. The first-order valence-corrected chi connectivity index (χ1v) is 9.23. The van der Waals surface area contributed by atoms with E-state index in [0.29, 0.717) is 21.9 Å². The number of amides is 1. The molecule has 3 rings (SSSR count). The van der Waals surface area contributed by atoms with Crippen molar-refractivity contribution in [1.82, 2.24) is 19.6 Å². The molecule has 0 bridgehead atoms. The van der Waals surface area contributed by atoms with Crippen LogP contribution in [0.1, 0.15) is 25.0 Å². The van der Waals surface area contributed by atoms with Crippen LogP contribution in [0.3, 0.4) is 0 Å². The Morgan fingerprint density at radius 2 is 1.96 bits per heavy atom. The van der Waals surface area contributed by atoms with Crippen molar-refractivity contribution in [3.8, 4) is 0 Å². The van der Waals surface area contributed by atoms with Crippen molar-refractivity contribution in [2.45, 2.75) is 32.9 Å². The van der Waals surface area contributed by atoms with Crippen molar-refractivity contribution in [3.05, 3.63) is 63.5 Å². The van der Waals surface area contributed by atoms with Gasteiger partial charge in [0.15, 0.2) is 5.82 Å². The lowest BCUT2D eigenvalue weighted by Gasteiger charge is -2.23. The lowest BCUT2D eigenvalue weighted by Crippen LogP contribution is -2.40. The van der Waals surface area contributed by atoms with Crippen LogP contribution in [-0.2, 0) is 16.9 Å². The van der Waals surface area contributed by atoms with Crippen LogP contribution in [0, 0.1) is 6.92 Å². The van der Waals surface area contributed by atoms with Gasteiger partial charge in [-0.1, -0.05) is 41.4 Å². The molecule has 0 atom stereocenters. The molecular weight excluding hydrogens is 418 g/mol. The second kappa shape index (κ2) is 7.25. The van der Waals surface area contributed by atoms with Crippen LogP contribution in [0.2, 0.25) is 5.02 Å². The molecule has 0 saturated carbocycles. The molecule has 1 aromatic carbocycles. The fourth-order valence-electron chi connectivity index (χ4n) is 2.41. The van der Waals surface area contributed by atoms with Gasteiger partial charge in [0.05, 0.1) is 22.2 Å². The monoisotopic (exact) mass is 435 g/mol. The van der Waals surface area contributed by atoms with E-state index >= 15 is 0 Å². The highest BCUT2D eigenvalue weighted by molar-refractivity contribution is 9.10. The molecule has 136 valence electrons. The fraction of sp³-hybridized carbons (Fsp3) is 0.278. The predicted octanol–water partition coefficient (Wildman–Crippen LogP) is 4.23. The molecule has 1 N–H and O–H groups in total. The molecule has 0 aliphatic rings. The quantitative estimate of drug-likeness (QED) is 0.651.